The highest BCUT2D eigenvalue weighted by Gasteiger charge is 2.29. The number of rotatable bonds is 4. The molecule has 3 heterocycles. The maximum Gasteiger partial charge on any atom is 0.409 e. The molecular formula is C20H26N6O2. The number of nitrogens with zero attached hydrogens (tertiary/aromatic N) is 5. The van der Waals surface area contributed by atoms with Crippen LogP contribution in [0, 0.1) is 0 Å². The van der Waals surface area contributed by atoms with Gasteiger partial charge in [0.05, 0.1) is 12.8 Å². The lowest BCUT2D eigenvalue weighted by atomic mass is 10.1. The van der Waals surface area contributed by atoms with Gasteiger partial charge in [0.1, 0.15) is 0 Å². The van der Waals surface area contributed by atoms with E-state index in [4.69, 9.17) is 9.72 Å². The number of nitrogens with one attached hydrogen (secondary N) is 1. The zero-order valence-electron chi connectivity index (χ0n) is 16.3. The predicted molar refractivity (Wildman–Crippen MR) is 107 cm³/mol. The highest BCUT2D eigenvalue weighted by atomic mass is 16.6. The fraction of sp³-hybridized carbons (Fsp3) is 0.500. The van der Waals surface area contributed by atoms with Gasteiger partial charge in [-0.05, 0) is 44.7 Å². The average molecular weight is 382 g/mol. The number of anilines is 3. The Morgan fingerprint density at radius 1 is 1.29 bits per heavy atom. The number of fused-ring (bicyclic) bond motifs is 1. The molecule has 0 radical (unpaired) electrons. The van der Waals surface area contributed by atoms with E-state index >= 15 is 0 Å². The summed E-state index contributed by atoms with van der Waals surface area (Å²) in [6.45, 7) is 5.77. The number of hydrogen-bond acceptors (Lipinski definition) is 7. The lowest BCUT2D eigenvalue weighted by Gasteiger charge is -2.32. The highest BCUT2D eigenvalue weighted by Crippen LogP contribution is 2.36. The molecule has 1 amide bonds. The van der Waals surface area contributed by atoms with E-state index in [0.717, 1.165) is 30.8 Å². The summed E-state index contributed by atoms with van der Waals surface area (Å²) < 4.78 is 5.08. The summed E-state index contributed by atoms with van der Waals surface area (Å²) in [6, 6.07) is 8.90. The van der Waals surface area contributed by atoms with Crippen LogP contribution >= 0.6 is 0 Å². The van der Waals surface area contributed by atoms with Crippen LogP contribution in [0.3, 0.4) is 0 Å². The molecule has 2 aliphatic heterocycles. The van der Waals surface area contributed by atoms with Crippen LogP contribution in [0.25, 0.3) is 0 Å². The molecule has 0 bridgehead atoms. The number of amides is 1. The number of carbonyl (C=O) groups is 1. The molecule has 0 saturated carbocycles. The molecule has 28 heavy (non-hydrogen) atoms. The van der Waals surface area contributed by atoms with E-state index in [0.29, 0.717) is 31.7 Å². The number of ether oxygens (including phenoxy) is 1. The van der Waals surface area contributed by atoms with E-state index in [-0.39, 0.29) is 12.1 Å². The Morgan fingerprint density at radius 2 is 2.07 bits per heavy atom. The third kappa shape index (κ3) is 3.72. The second-order valence-corrected chi connectivity index (χ2v) is 7.30. The van der Waals surface area contributed by atoms with Gasteiger partial charge >= 0.3 is 6.09 Å². The SMILES string of the molecule is CCOC(=O)N1CCC(Nc2cnnc(N3c4ccccc4CC3C)n2)CC1. The van der Waals surface area contributed by atoms with Crippen molar-refractivity contribution in [1.82, 2.24) is 20.1 Å². The van der Waals surface area contributed by atoms with E-state index in [9.17, 15) is 4.79 Å². The molecule has 2 aromatic rings. The van der Waals surface area contributed by atoms with Gasteiger partial charge in [-0.1, -0.05) is 18.2 Å². The monoisotopic (exact) mass is 382 g/mol. The molecule has 148 valence electrons. The van der Waals surface area contributed by atoms with Crippen molar-refractivity contribution in [2.45, 2.75) is 45.2 Å². The zero-order chi connectivity index (χ0) is 19.5. The molecule has 1 aromatic carbocycles. The summed E-state index contributed by atoms with van der Waals surface area (Å²) in [4.78, 5) is 20.5. The Morgan fingerprint density at radius 3 is 2.86 bits per heavy atom. The van der Waals surface area contributed by atoms with Crippen molar-refractivity contribution < 1.29 is 9.53 Å². The van der Waals surface area contributed by atoms with Crippen LogP contribution in [0.1, 0.15) is 32.3 Å². The topological polar surface area (TPSA) is 83.5 Å². The molecule has 1 unspecified atom stereocenters. The summed E-state index contributed by atoms with van der Waals surface area (Å²) >= 11 is 0. The third-order valence-corrected chi connectivity index (χ3v) is 5.34. The minimum atomic E-state index is -0.228. The van der Waals surface area contributed by atoms with Gasteiger partial charge in [-0.2, -0.15) is 10.1 Å². The maximum absolute atomic E-state index is 11.8. The van der Waals surface area contributed by atoms with Crippen LogP contribution in [0.15, 0.2) is 30.5 Å². The number of piperidine rings is 1. The van der Waals surface area contributed by atoms with Crippen LogP contribution in [0.5, 0.6) is 0 Å². The van der Waals surface area contributed by atoms with Crippen LogP contribution in [0.2, 0.25) is 0 Å². The molecule has 1 saturated heterocycles. The van der Waals surface area contributed by atoms with Crippen molar-refractivity contribution in [1.29, 1.82) is 0 Å². The fourth-order valence-electron chi connectivity index (χ4n) is 3.97. The summed E-state index contributed by atoms with van der Waals surface area (Å²) in [6.07, 6.45) is 4.10. The number of aromatic nitrogens is 3. The Labute approximate surface area is 164 Å². The van der Waals surface area contributed by atoms with Crippen LogP contribution in [-0.4, -0.2) is 58.0 Å². The predicted octanol–water partition coefficient (Wildman–Crippen LogP) is 2.99. The molecule has 0 aliphatic carbocycles. The first-order valence-corrected chi connectivity index (χ1v) is 9.90. The van der Waals surface area contributed by atoms with Gasteiger partial charge in [-0.3, -0.25) is 0 Å². The largest absolute Gasteiger partial charge is 0.450 e. The van der Waals surface area contributed by atoms with E-state index in [2.05, 4.69) is 45.5 Å². The Bertz CT molecular complexity index is 837. The number of hydrogen-bond donors (Lipinski definition) is 1. The Balaban J connectivity index is 1.42. The molecule has 8 nitrogen and oxygen atoms in total. The lowest BCUT2D eigenvalue weighted by molar-refractivity contribution is 0.0983. The van der Waals surface area contributed by atoms with Crippen molar-refractivity contribution in [3.8, 4) is 0 Å². The number of benzene rings is 1. The molecule has 2 aliphatic rings. The van der Waals surface area contributed by atoms with Gasteiger partial charge in [0.15, 0.2) is 5.82 Å². The minimum absolute atomic E-state index is 0.228. The van der Waals surface area contributed by atoms with Crippen LogP contribution < -0.4 is 10.2 Å². The highest BCUT2D eigenvalue weighted by molar-refractivity contribution is 5.68. The molecule has 1 N–H and O–H groups in total. The van der Waals surface area contributed by atoms with E-state index in [1.165, 1.54) is 5.56 Å². The molecular weight excluding hydrogens is 356 g/mol. The first kappa shape index (κ1) is 18.5. The Hall–Kier alpha value is -2.90. The number of likely N-dealkylation sites (tertiary alicyclic amines) is 1. The van der Waals surface area contributed by atoms with Gasteiger partial charge in [0, 0.05) is 30.9 Å². The minimum Gasteiger partial charge on any atom is -0.450 e. The summed E-state index contributed by atoms with van der Waals surface area (Å²) in [7, 11) is 0. The van der Waals surface area contributed by atoms with Crippen LogP contribution in [0.4, 0.5) is 22.2 Å². The smallest absolute Gasteiger partial charge is 0.409 e. The van der Waals surface area contributed by atoms with Gasteiger partial charge in [-0.15, -0.1) is 5.10 Å². The zero-order valence-corrected chi connectivity index (χ0v) is 16.3. The van der Waals surface area contributed by atoms with Crippen molar-refractivity contribution in [3.05, 3.63) is 36.0 Å². The normalized spacial score (nSPS) is 19.4. The molecule has 1 atom stereocenters. The standard InChI is InChI=1S/C20H26N6O2/c1-3-28-20(27)25-10-8-16(9-11-25)22-18-13-21-24-19(23-18)26-14(2)12-15-6-4-5-7-17(15)26/h4-7,13-14,16H,3,8-12H2,1-2H3,(H,22,23,24). The summed E-state index contributed by atoms with van der Waals surface area (Å²) in [5.41, 5.74) is 2.46. The average Bonchev–Trinajstić information content (AvgIpc) is 3.04. The van der Waals surface area contributed by atoms with Crippen molar-refractivity contribution in [2.75, 3.05) is 29.9 Å². The summed E-state index contributed by atoms with van der Waals surface area (Å²) in [5.74, 6) is 1.34. The second kappa shape index (κ2) is 8.00. The van der Waals surface area contributed by atoms with E-state index in [1.54, 1.807) is 11.1 Å². The quantitative estimate of drug-likeness (QED) is 0.870. The second-order valence-electron chi connectivity index (χ2n) is 7.30. The first-order chi connectivity index (χ1) is 13.7. The molecule has 4 rings (SSSR count). The molecule has 8 heteroatoms. The van der Waals surface area contributed by atoms with Gasteiger partial charge in [0.25, 0.3) is 5.95 Å². The van der Waals surface area contributed by atoms with Crippen LogP contribution in [-0.2, 0) is 11.2 Å². The van der Waals surface area contributed by atoms with Gasteiger partial charge < -0.3 is 19.9 Å². The molecule has 1 aromatic heterocycles. The Kier molecular flexibility index (Phi) is 5.27. The first-order valence-electron chi connectivity index (χ1n) is 9.90. The fourth-order valence-corrected chi connectivity index (χ4v) is 3.97. The van der Waals surface area contributed by atoms with E-state index < -0.39 is 0 Å². The van der Waals surface area contributed by atoms with Crippen molar-refractivity contribution >= 4 is 23.5 Å². The van der Waals surface area contributed by atoms with Gasteiger partial charge in [-0.25, -0.2) is 4.79 Å². The maximum atomic E-state index is 11.8. The van der Waals surface area contributed by atoms with E-state index in [1.807, 2.05) is 13.0 Å². The van der Waals surface area contributed by atoms with Crippen molar-refractivity contribution in [3.63, 3.8) is 0 Å². The molecule has 1 fully saturated rings. The number of carbonyl (C=O) groups excluding carboxylic acids is 1. The molecule has 0 spiro atoms. The lowest BCUT2D eigenvalue weighted by Crippen LogP contribution is -2.42. The van der Waals surface area contributed by atoms with Crippen molar-refractivity contribution in [2.24, 2.45) is 0 Å². The van der Waals surface area contributed by atoms with Gasteiger partial charge in [0.2, 0.25) is 0 Å². The third-order valence-electron chi connectivity index (χ3n) is 5.34. The summed E-state index contributed by atoms with van der Waals surface area (Å²) in [5, 5.41) is 11.9. The number of para-hydroxylation sites is 1.